The maximum atomic E-state index is 10.4. The van der Waals surface area contributed by atoms with Crippen LogP contribution in [0, 0.1) is 12.8 Å². The summed E-state index contributed by atoms with van der Waals surface area (Å²) in [4.78, 5) is 0. The quantitative estimate of drug-likeness (QED) is 0.806. The van der Waals surface area contributed by atoms with Crippen LogP contribution in [0.2, 0.25) is 0 Å². The normalized spacial score (nSPS) is 22.3. The van der Waals surface area contributed by atoms with Gasteiger partial charge in [-0.05, 0) is 57.2 Å². The standard InChI is InChI=1S/C18H24O2/c1-11(2)14-7-6-12(3)8-15(14)18-16(19)9-13(4)10-17(18)20-5/h8-10,14-15,19H,1,6-7H2,2-5H3/t14-,15?/m0/s1. The Hall–Kier alpha value is -1.70. The minimum absolute atomic E-state index is 0.150. The second-order valence-corrected chi connectivity index (χ2v) is 5.93. The molecule has 0 radical (unpaired) electrons. The lowest BCUT2D eigenvalue weighted by Gasteiger charge is -2.32. The van der Waals surface area contributed by atoms with Crippen molar-refractivity contribution in [1.82, 2.24) is 0 Å². The molecule has 0 bridgehead atoms. The van der Waals surface area contributed by atoms with Crippen molar-refractivity contribution in [2.24, 2.45) is 5.92 Å². The van der Waals surface area contributed by atoms with Crippen molar-refractivity contribution in [2.75, 3.05) is 7.11 Å². The predicted octanol–water partition coefficient (Wildman–Crippen LogP) is 4.73. The molecule has 1 aliphatic rings. The van der Waals surface area contributed by atoms with Gasteiger partial charge in [-0.2, -0.15) is 0 Å². The smallest absolute Gasteiger partial charge is 0.126 e. The van der Waals surface area contributed by atoms with E-state index >= 15 is 0 Å². The fraction of sp³-hybridized carbons (Fsp3) is 0.444. The number of methoxy groups -OCH3 is 1. The highest BCUT2D eigenvalue weighted by atomic mass is 16.5. The van der Waals surface area contributed by atoms with Crippen molar-refractivity contribution < 1.29 is 9.84 Å². The molecular weight excluding hydrogens is 248 g/mol. The van der Waals surface area contributed by atoms with Gasteiger partial charge in [0.25, 0.3) is 0 Å². The van der Waals surface area contributed by atoms with Crippen molar-refractivity contribution >= 4 is 0 Å². The third-order valence-corrected chi connectivity index (χ3v) is 4.20. The van der Waals surface area contributed by atoms with Crippen LogP contribution >= 0.6 is 0 Å². The zero-order chi connectivity index (χ0) is 14.9. The Morgan fingerprint density at radius 2 is 2.05 bits per heavy atom. The van der Waals surface area contributed by atoms with Crippen LogP contribution < -0.4 is 4.74 Å². The highest BCUT2D eigenvalue weighted by Gasteiger charge is 2.30. The molecule has 2 heteroatoms. The van der Waals surface area contributed by atoms with Crippen molar-refractivity contribution in [3.63, 3.8) is 0 Å². The summed E-state index contributed by atoms with van der Waals surface area (Å²) in [5, 5.41) is 10.4. The number of allylic oxidation sites excluding steroid dienone is 3. The van der Waals surface area contributed by atoms with Gasteiger partial charge in [-0.1, -0.05) is 23.8 Å². The number of benzene rings is 1. The fourth-order valence-electron chi connectivity index (χ4n) is 3.16. The van der Waals surface area contributed by atoms with E-state index in [-0.39, 0.29) is 5.92 Å². The van der Waals surface area contributed by atoms with Gasteiger partial charge in [0.05, 0.1) is 7.11 Å². The zero-order valence-electron chi connectivity index (χ0n) is 12.9. The number of hydrogen-bond donors (Lipinski definition) is 1. The van der Waals surface area contributed by atoms with E-state index in [4.69, 9.17) is 4.74 Å². The Kier molecular flexibility index (Phi) is 4.22. The molecular formula is C18H24O2. The molecule has 20 heavy (non-hydrogen) atoms. The Bertz CT molecular complexity index is 555. The van der Waals surface area contributed by atoms with E-state index in [1.54, 1.807) is 7.11 Å². The molecule has 0 saturated carbocycles. The molecule has 0 fully saturated rings. The second-order valence-electron chi connectivity index (χ2n) is 5.93. The van der Waals surface area contributed by atoms with Gasteiger partial charge < -0.3 is 9.84 Å². The average Bonchev–Trinajstić information content (AvgIpc) is 2.37. The van der Waals surface area contributed by atoms with Gasteiger partial charge >= 0.3 is 0 Å². The van der Waals surface area contributed by atoms with Crippen LogP contribution in [0.1, 0.15) is 43.7 Å². The van der Waals surface area contributed by atoms with Gasteiger partial charge in [-0.3, -0.25) is 0 Å². The summed E-state index contributed by atoms with van der Waals surface area (Å²) in [7, 11) is 1.66. The average molecular weight is 272 g/mol. The first-order chi connectivity index (χ1) is 9.43. The van der Waals surface area contributed by atoms with Crippen LogP contribution in [0.25, 0.3) is 0 Å². The summed E-state index contributed by atoms with van der Waals surface area (Å²) in [6.45, 7) is 10.3. The van der Waals surface area contributed by atoms with E-state index in [9.17, 15) is 5.11 Å². The molecule has 1 aromatic carbocycles. The number of hydrogen-bond acceptors (Lipinski definition) is 2. The predicted molar refractivity (Wildman–Crippen MR) is 83.4 cm³/mol. The molecule has 1 unspecified atom stereocenters. The van der Waals surface area contributed by atoms with E-state index in [1.165, 1.54) is 11.1 Å². The van der Waals surface area contributed by atoms with Crippen LogP contribution in [0.4, 0.5) is 0 Å². The number of aryl methyl sites for hydroxylation is 1. The lowest BCUT2D eigenvalue weighted by atomic mass is 9.73. The number of rotatable bonds is 3. The lowest BCUT2D eigenvalue weighted by molar-refractivity contribution is 0.381. The van der Waals surface area contributed by atoms with E-state index in [0.29, 0.717) is 11.7 Å². The third kappa shape index (κ3) is 2.74. The van der Waals surface area contributed by atoms with Crippen molar-refractivity contribution in [2.45, 2.75) is 39.5 Å². The van der Waals surface area contributed by atoms with E-state index in [2.05, 4.69) is 26.5 Å². The van der Waals surface area contributed by atoms with Crippen LogP contribution in [-0.2, 0) is 0 Å². The van der Waals surface area contributed by atoms with Gasteiger partial charge in [-0.25, -0.2) is 0 Å². The third-order valence-electron chi connectivity index (χ3n) is 4.20. The van der Waals surface area contributed by atoms with Crippen LogP contribution in [0.15, 0.2) is 35.9 Å². The summed E-state index contributed by atoms with van der Waals surface area (Å²) < 4.78 is 5.50. The van der Waals surface area contributed by atoms with Gasteiger partial charge in [0.15, 0.2) is 0 Å². The van der Waals surface area contributed by atoms with Crippen molar-refractivity contribution in [3.05, 3.63) is 47.1 Å². The van der Waals surface area contributed by atoms with Gasteiger partial charge in [0.2, 0.25) is 0 Å². The maximum Gasteiger partial charge on any atom is 0.126 e. The van der Waals surface area contributed by atoms with Crippen LogP contribution in [0.5, 0.6) is 11.5 Å². The van der Waals surface area contributed by atoms with Crippen molar-refractivity contribution in [1.29, 1.82) is 0 Å². The molecule has 0 heterocycles. The highest BCUT2D eigenvalue weighted by Crippen LogP contribution is 2.46. The van der Waals surface area contributed by atoms with Gasteiger partial charge in [-0.15, -0.1) is 0 Å². The number of phenolic OH excluding ortho intramolecular Hbond substituents is 1. The van der Waals surface area contributed by atoms with E-state index in [0.717, 1.165) is 29.7 Å². The minimum Gasteiger partial charge on any atom is -0.507 e. The van der Waals surface area contributed by atoms with E-state index < -0.39 is 0 Å². The first-order valence-electron chi connectivity index (χ1n) is 7.14. The molecule has 108 valence electrons. The molecule has 0 spiro atoms. The Labute approximate surface area is 121 Å². The highest BCUT2D eigenvalue weighted by molar-refractivity contribution is 5.52. The zero-order valence-corrected chi connectivity index (χ0v) is 12.9. The topological polar surface area (TPSA) is 29.5 Å². The maximum absolute atomic E-state index is 10.4. The molecule has 2 atom stereocenters. The number of aromatic hydroxyl groups is 1. The Balaban J connectivity index is 2.57. The molecule has 0 saturated heterocycles. The molecule has 1 aliphatic carbocycles. The minimum atomic E-state index is 0.150. The molecule has 0 aliphatic heterocycles. The van der Waals surface area contributed by atoms with E-state index in [1.807, 2.05) is 19.1 Å². The fourth-order valence-corrected chi connectivity index (χ4v) is 3.16. The van der Waals surface area contributed by atoms with Crippen molar-refractivity contribution in [3.8, 4) is 11.5 Å². The second kappa shape index (κ2) is 5.74. The molecule has 2 nitrogen and oxygen atoms in total. The molecule has 0 aromatic heterocycles. The monoisotopic (exact) mass is 272 g/mol. The van der Waals surface area contributed by atoms with Gasteiger partial charge in [0, 0.05) is 11.5 Å². The lowest BCUT2D eigenvalue weighted by Crippen LogP contribution is -2.17. The van der Waals surface area contributed by atoms with Crippen LogP contribution in [-0.4, -0.2) is 12.2 Å². The Morgan fingerprint density at radius 3 is 2.65 bits per heavy atom. The summed E-state index contributed by atoms with van der Waals surface area (Å²) in [5.41, 5.74) is 4.44. The van der Waals surface area contributed by atoms with Crippen LogP contribution in [0.3, 0.4) is 0 Å². The summed E-state index contributed by atoms with van der Waals surface area (Å²) in [5.74, 6) is 1.60. The summed E-state index contributed by atoms with van der Waals surface area (Å²) in [6, 6.07) is 3.80. The molecule has 1 aromatic rings. The first kappa shape index (κ1) is 14.7. The largest absolute Gasteiger partial charge is 0.507 e. The summed E-state index contributed by atoms with van der Waals surface area (Å²) >= 11 is 0. The Morgan fingerprint density at radius 1 is 1.35 bits per heavy atom. The molecule has 0 amide bonds. The summed E-state index contributed by atoms with van der Waals surface area (Å²) in [6.07, 6.45) is 4.44. The molecule has 1 N–H and O–H groups in total. The SMILES string of the molecule is C=C(C)[C@@H]1CCC(C)=CC1c1c(O)cc(C)cc1OC. The number of ether oxygens (including phenoxy) is 1. The molecule has 2 rings (SSSR count). The first-order valence-corrected chi connectivity index (χ1v) is 7.14. The van der Waals surface area contributed by atoms with Gasteiger partial charge in [0.1, 0.15) is 11.5 Å². The number of phenols is 1.